The van der Waals surface area contributed by atoms with Crippen molar-refractivity contribution >= 4 is 18.1 Å². The van der Waals surface area contributed by atoms with Crippen LogP contribution in [0, 0.1) is 0 Å². The Kier molecular flexibility index (Phi) is 9.09. The highest BCUT2D eigenvalue weighted by molar-refractivity contribution is 6.65. The van der Waals surface area contributed by atoms with E-state index in [0.29, 0.717) is 19.8 Å². The van der Waals surface area contributed by atoms with Crippen molar-refractivity contribution in [2.45, 2.75) is 33.4 Å². The Labute approximate surface area is 102 Å². The Morgan fingerprint density at radius 3 is 2.06 bits per heavy atom. The van der Waals surface area contributed by atoms with Crippen molar-refractivity contribution in [3.8, 4) is 0 Å². The molecule has 0 heterocycles. The van der Waals surface area contributed by atoms with E-state index < -0.39 is 18.1 Å². The second-order valence-electron chi connectivity index (χ2n) is 3.46. The minimum absolute atomic E-state index is 0.539. The van der Waals surface area contributed by atoms with Crippen LogP contribution in [0.1, 0.15) is 20.3 Å². The van der Waals surface area contributed by atoms with E-state index in [0.717, 1.165) is 6.42 Å². The smallest absolute Gasteiger partial charge is 0.397 e. The molecule has 0 aromatic heterocycles. The summed E-state index contributed by atoms with van der Waals surface area (Å²) in [5.74, 6) is 0. The fraction of sp³-hybridized carbons (Fsp3) is 0.800. The Bertz CT molecular complexity index is 182. The molecule has 0 atom stereocenters. The molecule has 0 bridgehead atoms. The average molecular weight is 264 g/mol. The van der Waals surface area contributed by atoms with E-state index in [4.69, 9.17) is 17.4 Å². The summed E-state index contributed by atoms with van der Waals surface area (Å²) in [5.41, 5.74) is 0. The Balaban J connectivity index is 4.42. The van der Waals surface area contributed by atoms with Crippen molar-refractivity contribution in [3.05, 3.63) is 12.7 Å². The first kappa shape index (κ1) is 16.0. The maximum atomic E-state index is 5.84. The maximum absolute atomic E-state index is 5.84. The highest BCUT2D eigenvalue weighted by atomic mass is 28.4. The van der Waals surface area contributed by atoms with Crippen LogP contribution in [-0.2, 0) is 17.4 Å². The molecule has 6 heteroatoms. The van der Waals surface area contributed by atoms with E-state index in [9.17, 15) is 0 Å². The van der Waals surface area contributed by atoms with Crippen LogP contribution in [0.5, 0.6) is 0 Å². The van der Waals surface area contributed by atoms with Crippen molar-refractivity contribution in [2.24, 2.45) is 0 Å². The Morgan fingerprint density at radius 1 is 1.12 bits per heavy atom. The molecule has 0 aliphatic heterocycles. The van der Waals surface area contributed by atoms with Gasteiger partial charge < -0.3 is 17.4 Å². The van der Waals surface area contributed by atoms with Crippen LogP contribution in [0.15, 0.2) is 12.7 Å². The third kappa shape index (κ3) is 6.56. The fourth-order valence-corrected chi connectivity index (χ4v) is 5.59. The molecule has 0 radical (unpaired) electrons. The summed E-state index contributed by atoms with van der Waals surface area (Å²) in [6, 6.07) is 0. The predicted octanol–water partition coefficient (Wildman–Crippen LogP) is 2.09. The lowest BCUT2D eigenvalue weighted by molar-refractivity contribution is 0.00705. The second kappa shape index (κ2) is 9.09. The third-order valence-electron chi connectivity index (χ3n) is 1.62. The van der Waals surface area contributed by atoms with Gasteiger partial charge in [0.15, 0.2) is 9.04 Å². The van der Waals surface area contributed by atoms with E-state index in [1.54, 1.807) is 0 Å². The van der Waals surface area contributed by atoms with Gasteiger partial charge in [-0.3, -0.25) is 0 Å². The fourth-order valence-electron chi connectivity index (χ4n) is 1.14. The Hall–Kier alpha value is 0.0138. The van der Waals surface area contributed by atoms with Crippen molar-refractivity contribution in [3.63, 3.8) is 0 Å². The van der Waals surface area contributed by atoms with Gasteiger partial charge in [0.25, 0.3) is 0 Å². The van der Waals surface area contributed by atoms with Crippen LogP contribution >= 0.6 is 0 Å². The molecule has 0 aromatic rings. The quantitative estimate of drug-likeness (QED) is 0.344. The van der Waals surface area contributed by atoms with Gasteiger partial charge in [0.2, 0.25) is 0 Å². The number of hydrogen-bond acceptors (Lipinski definition) is 4. The van der Waals surface area contributed by atoms with E-state index in [2.05, 4.69) is 19.7 Å². The maximum Gasteiger partial charge on any atom is 0.668 e. The molecule has 0 spiro atoms. The van der Waals surface area contributed by atoms with Gasteiger partial charge in [-0.1, -0.05) is 6.08 Å². The summed E-state index contributed by atoms with van der Waals surface area (Å²) in [6.07, 6.45) is 2.59. The SMILES string of the molecule is C=CCCO[Si](OCC)(OCC)O[SiH](C)C. The second-order valence-corrected chi connectivity index (χ2v) is 8.36. The summed E-state index contributed by atoms with van der Waals surface area (Å²) in [6.45, 7) is 13.3. The summed E-state index contributed by atoms with van der Waals surface area (Å²) < 4.78 is 22.7. The summed E-state index contributed by atoms with van der Waals surface area (Å²) >= 11 is 0. The van der Waals surface area contributed by atoms with E-state index in [1.807, 2.05) is 19.9 Å². The molecule has 0 fully saturated rings. The lowest BCUT2D eigenvalue weighted by Crippen LogP contribution is -2.51. The first-order chi connectivity index (χ1) is 7.60. The van der Waals surface area contributed by atoms with Gasteiger partial charge in [-0.05, 0) is 33.4 Å². The average Bonchev–Trinajstić information content (AvgIpc) is 2.17. The normalized spacial score (nSPS) is 12.1. The Morgan fingerprint density at radius 2 is 1.69 bits per heavy atom. The minimum atomic E-state index is -2.88. The molecular formula is C10H24O4Si2. The van der Waals surface area contributed by atoms with Gasteiger partial charge in [-0.15, -0.1) is 6.58 Å². The van der Waals surface area contributed by atoms with Gasteiger partial charge in [0.1, 0.15) is 0 Å². The molecule has 0 aromatic carbocycles. The van der Waals surface area contributed by atoms with Crippen LogP contribution in [0.25, 0.3) is 0 Å². The summed E-state index contributed by atoms with van der Waals surface area (Å²) in [7, 11) is -4.13. The van der Waals surface area contributed by atoms with E-state index >= 15 is 0 Å². The van der Waals surface area contributed by atoms with Crippen molar-refractivity contribution < 1.29 is 17.4 Å². The highest BCUT2D eigenvalue weighted by Gasteiger charge is 2.45. The zero-order valence-corrected chi connectivity index (χ0v) is 13.0. The first-order valence-electron chi connectivity index (χ1n) is 5.80. The molecule has 0 saturated carbocycles. The highest BCUT2D eigenvalue weighted by Crippen LogP contribution is 2.14. The molecule has 0 saturated heterocycles. The molecule has 0 amide bonds. The minimum Gasteiger partial charge on any atom is -0.397 e. The van der Waals surface area contributed by atoms with Gasteiger partial charge in [-0.2, -0.15) is 0 Å². The molecule has 4 nitrogen and oxygen atoms in total. The number of hydrogen-bond donors (Lipinski definition) is 0. The van der Waals surface area contributed by atoms with Gasteiger partial charge in [0.05, 0.1) is 0 Å². The summed E-state index contributed by atoms with van der Waals surface area (Å²) in [4.78, 5) is 0. The van der Waals surface area contributed by atoms with Crippen molar-refractivity contribution in [1.29, 1.82) is 0 Å². The summed E-state index contributed by atoms with van der Waals surface area (Å²) in [5, 5.41) is 0. The largest absolute Gasteiger partial charge is 0.668 e. The monoisotopic (exact) mass is 264 g/mol. The van der Waals surface area contributed by atoms with Crippen molar-refractivity contribution in [1.82, 2.24) is 0 Å². The van der Waals surface area contributed by atoms with Crippen LogP contribution in [-0.4, -0.2) is 37.9 Å². The molecule has 16 heavy (non-hydrogen) atoms. The molecule has 0 aliphatic carbocycles. The van der Waals surface area contributed by atoms with Crippen LogP contribution in [0.2, 0.25) is 13.1 Å². The molecule has 0 aliphatic rings. The van der Waals surface area contributed by atoms with Crippen LogP contribution < -0.4 is 0 Å². The van der Waals surface area contributed by atoms with E-state index in [1.165, 1.54) is 0 Å². The lowest BCUT2D eigenvalue weighted by atomic mass is 10.5. The molecular weight excluding hydrogens is 240 g/mol. The number of rotatable bonds is 10. The van der Waals surface area contributed by atoms with Gasteiger partial charge >= 0.3 is 9.05 Å². The van der Waals surface area contributed by atoms with Gasteiger partial charge in [-0.25, -0.2) is 0 Å². The first-order valence-corrected chi connectivity index (χ1v) is 10.2. The van der Waals surface area contributed by atoms with Crippen LogP contribution in [0.4, 0.5) is 0 Å². The van der Waals surface area contributed by atoms with Crippen molar-refractivity contribution in [2.75, 3.05) is 19.8 Å². The molecule has 0 rings (SSSR count). The van der Waals surface area contributed by atoms with Gasteiger partial charge in [0, 0.05) is 19.8 Å². The zero-order valence-electron chi connectivity index (χ0n) is 10.8. The zero-order chi connectivity index (χ0) is 12.4. The molecule has 0 N–H and O–H groups in total. The van der Waals surface area contributed by atoms with Crippen LogP contribution in [0.3, 0.4) is 0 Å². The topological polar surface area (TPSA) is 36.9 Å². The third-order valence-corrected chi connectivity index (χ3v) is 6.51. The molecule has 0 unspecified atom stereocenters. The molecule has 96 valence electrons. The predicted molar refractivity (Wildman–Crippen MR) is 69.7 cm³/mol. The lowest BCUT2D eigenvalue weighted by Gasteiger charge is -2.29. The van der Waals surface area contributed by atoms with E-state index in [-0.39, 0.29) is 0 Å². The standard InChI is InChI=1S/C10H24O4Si2/c1-6-9-10-13-16(11-7-2,12-8-3)14-15(4)5/h6,15H,1,7-10H2,2-5H3.